The highest BCUT2D eigenvalue weighted by atomic mass is 79.9. The monoisotopic (exact) mass is 300 g/mol. The number of hydrogen-bond acceptors (Lipinski definition) is 2. The molecule has 1 aliphatic rings. The van der Waals surface area contributed by atoms with Gasteiger partial charge in [-0.25, -0.2) is 0 Å². The predicted molar refractivity (Wildman–Crippen MR) is 72.0 cm³/mol. The standard InChI is InChI=1S/C13H21BrN2O/c1-3-16-12(13(14)10(2)15-16)9-17-8-11-6-4-5-7-11/h11H,3-9H2,1-2H3. The van der Waals surface area contributed by atoms with Crippen LogP contribution >= 0.6 is 15.9 Å². The van der Waals surface area contributed by atoms with Crippen LogP contribution in [0.15, 0.2) is 4.47 Å². The van der Waals surface area contributed by atoms with E-state index in [0.29, 0.717) is 6.61 Å². The molecular weight excluding hydrogens is 280 g/mol. The lowest BCUT2D eigenvalue weighted by molar-refractivity contribution is 0.0838. The third kappa shape index (κ3) is 3.10. The molecule has 0 saturated heterocycles. The molecule has 1 aliphatic carbocycles. The number of halogens is 1. The molecule has 3 nitrogen and oxygen atoms in total. The largest absolute Gasteiger partial charge is 0.375 e. The summed E-state index contributed by atoms with van der Waals surface area (Å²) in [5.74, 6) is 0.785. The molecular formula is C13H21BrN2O. The van der Waals surface area contributed by atoms with Crippen molar-refractivity contribution in [2.75, 3.05) is 6.61 Å². The van der Waals surface area contributed by atoms with Gasteiger partial charge >= 0.3 is 0 Å². The van der Waals surface area contributed by atoms with Crippen molar-refractivity contribution < 1.29 is 4.74 Å². The van der Waals surface area contributed by atoms with Crippen molar-refractivity contribution in [3.8, 4) is 0 Å². The summed E-state index contributed by atoms with van der Waals surface area (Å²) in [6.45, 7) is 6.61. The number of nitrogens with zero attached hydrogens (tertiary/aromatic N) is 2. The van der Waals surface area contributed by atoms with Crippen molar-refractivity contribution in [1.29, 1.82) is 0 Å². The first-order chi connectivity index (χ1) is 8.22. The van der Waals surface area contributed by atoms with Gasteiger partial charge in [0.1, 0.15) is 0 Å². The van der Waals surface area contributed by atoms with Gasteiger partial charge in [0.25, 0.3) is 0 Å². The molecule has 0 spiro atoms. The van der Waals surface area contributed by atoms with Gasteiger partial charge < -0.3 is 4.74 Å². The summed E-state index contributed by atoms with van der Waals surface area (Å²) in [6.07, 6.45) is 5.44. The van der Waals surface area contributed by atoms with Crippen molar-refractivity contribution in [3.63, 3.8) is 0 Å². The van der Waals surface area contributed by atoms with Gasteiger partial charge in [0.2, 0.25) is 0 Å². The number of ether oxygens (including phenoxy) is 1. The lowest BCUT2D eigenvalue weighted by Crippen LogP contribution is -2.09. The average molecular weight is 301 g/mol. The minimum absolute atomic E-state index is 0.672. The number of rotatable bonds is 5. The van der Waals surface area contributed by atoms with Crippen LogP contribution in [-0.2, 0) is 17.9 Å². The van der Waals surface area contributed by atoms with E-state index < -0.39 is 0 Å². The Bertz CT molecular complexity index is 370. The second-order valence-electron chi connectivity index (χ2n) is 4.83. The van der Waals surface area contributed by atoms with Crippen LogP contribution in [0.4, 0.5) is 0 Å². The maximum atomic E-state index is 5.85. The molecule has 0 bridgehead atoms. The number of aryl methyl sites for hydroxylation is 2. The van der Waals surface area contributed by atoms with Crippen LogP contribution in [0.5, 0.6) is 0 Å². The third-order valence-corrected chi connectivity index (χ3v) is 4.55. The number of hydrogen-bond donors (Lipinski definition) is 0. The molecule has 1 heterocycles. The van der Waals surface area contributed by atoms with Crippen LogP contribution in [0, 0.1) is 12.8 Å². The van der Waals surface area contributed by atoms with Gasteiger partial charge in [-0.1, -0.05) is 12.8 Å². The number of aromatic nitrogens is 2. The molecule has 0 N–H and O–H groups in total. The lowest BCUT2D eigenvalue weighted by atomic mass is 10.1. The molecule has 0 aromatic carbocycles. The summed E-state index contributed by atoms with van der Waals surface area (Å²) in [5.41, 5.74) is 2.22. The summed E-state index contributed by atoms with van der Waals surface area (Å²) >= 11 is 3.59. The Labute approximate surface area is 112 Å². The molecule has 17 heavy (non-hydrogen) atoms. The Morgan fingerprint density at radius 1 is 1.41 bits per heavy atom. The highest BCUT2D eigenvalue weighted by Gasteiger charge is 2.16. The van der Waals surface area contributed by atoms with Crippen LogP contribution < -0.4 is 0 Å². The van der Waals surface area contributed by atoms with Gasteiger partial charge in [-0.3, -0.25) is 4.68 Å². The first kappa shape index (κ1) is 13.1. The van der Waals surface area contributed by atoms with Gasteiger partial charge in [-0.15, -0.1) is 0 Å². The van der Waals surface area contributed by atoms with Crippen LogP contribution in [0.25, 0.3) is 0 Å². The van der Waals surface area contributed by atoms with Gasteiger partial charge in [0, 0.05) is 13.2 Å². The Balaban J connectivity index is 1.89. The zero-order valence-electron chi connectivity index (χ0n) is 10.7. The van der Waals surface area contributed by atoms with E-state index in [1.807, 2.05) is 11.6 Å². The van der Waals surface area contributed by atoms with Crippen molar-refractivity contribution in [2.24, 2.45) is 5.92 Å². The fourth-order valence-electron chi connectivity index (χ4n) is 2.51. The van der Waals surface area contributed by atoms with E-state index in [4.69, 9.17) is 4.74 Å². The van der Waals surface area contributed by atoms with Crippen LogP contribution in [0.1, 0.15) is 44.0 Å². The molecule has 1 saturated carbocycles. The lowest BCUT2D eigenvalue weighted by Gasteiger charge is -2.11. The zero-order valence-corrected chi connectivity index (χ0v) is 12.3. The highest BCUT2D eigenvalue weighted by Crippen LogP contribution is 2.26. The van der Waals surface area contributed by atoms with Gasteiger partial charge in [-0.05, 0) is 48.5 Å². The van der Waals surface area contributed by atoms with Crippen LogP contribution in [-0.4, -0.2) is 16.4 Å². The minimum atomic E-state index is 0.672. The summed E-state index contributed by atoms with van der Waals surface area (Å²) in [7, 11) is 0. The minimum Gasteiger partial charge on any atom is -0.375 e. The van der Waals surface area contributed by atoms with E-state index >= 15 is 0 Å². The molecule has 0 unspecified atom stereocenters. The van der Waals surface area contributed by atoms with Crippen molar-refractivity contribution in [2.45, 2.75) is 52.7 Å². The molecule has 1 aromatic rings. The van der Waals surface area contributed by atoms with Crippen molar-refractivity contribution in [1.82, 2.24) is 9.78 Å². The van der Waals surface area contributed by atoms with Gasteiger partial charge in [-0.2, -0.15) is 5.10 Å². The molecule has 2 rings (SSSR count). The molecule has 4 heteroatoms. The molecule has 0 aliphatic heterocycles. The van der Waals surface area contributed by atoms with E-state index in [-0.39, 0.29) is 0 Å². The molecule has 96 valence electrons. The Morgan fingerprint density at radius 2 is 2.12 bits per heavy atom. The van der Waals surface area contributed by atoms with E-state index in [0.717, 1.165) is 29.2 Å². The van der Waals surface area contributed by atoms with Gasteiger partial charge in [0.05, 0.1) is 22.5 Å². The average Bonchev–Trinajstić information content (AvgIpc) is 2.92. The van der Waals surface area contributed by atoms with Crippen LogP contribution in [0.2, 0.25) is 0 Å². The quantitative estimate of drug-likeness (QED) is 0.829. The molecule has 1 fully saturated rings. The zero-order chi connectivity index (χ0) is 12.3. The van der Waals surface area contributed by atoms with Gasteiger partial charge in [0.15, 0.2) is 0 Å². The summed E-state index contributed by atoms with van der Waals surface area (Å²) in [4.78, 5) is 0. The highest BCUT2D eigenvalue weighted by molar-refractivity contribution is 9.10. The molecule has 0 radical (unpaired) electrons. The Morgan fingerprint density at radius 3 is 2.76 bits per heavy atom. The smallest absolute Gasteiger partial charge is 0.0896 e. The fourth-order valence-corrected chi connectivity index (χ4v) is 2.90. The van der Waals surface area contributed by atoms with E-state index in [1.54, 1.807) is 0 Å². The maximum absolute atomic E-state index is 5.85. The third-order valence-electron chi connectivity index (χ3n) is 3.52. The Hall–Kier alpha value is -0.350. The predicted octanol–water partition coefficient (Wildman–Crippen LogP) is 3.68. The fraction of sp³-hybridized carbons (Fsp3) is 0.769. The van der Waals surface area contributed by atoms with E-state index in [2.05, 4.69) is 28.0 Å². The second kappa shape index (κ2) is 6.01. The molecule has 1 aromatic heterocycles. The molecule has 0 atom stereocenters. The van der Waals surface area contributed by atoms with Crippen LogP contribution in [0.3, 0.4) is 0 Å². The van der Waals surface area contributed by atoms with E-state index in [9.17, 15) is 0 Å². The Kier molecular flexibility index (Phi) is 4.62. The summed E-state index contributed by atoms with van der Waals surface area (Å²) in [6, 6.07) is 0. The molecule has 0 amide bonds. The van der Waals surface area contributed by atoms with Crippen molar-refractivity contribution >= 4 is 15.9 Å². The first-order valence-electron chi connectivity index (χ1n) is 6.52. The van der Waals surface area contributed by atoms with Crippen molar-refractivity contribution in [3.05, 3.63) is 15.9 Å². The summed E-state index contributed by atoms with van der Waals surface area (Å²) in [5, 5.41) is 4.47. The first-order valence-corrected chi connectivity index (χ1v) is 7.31. The second-order valence-corrected chi connectivity index (χ2v) is 5.62. The maximum Gasteiger partial charge on any atom is 0.0896 e. The van der Waals surface area contributed by atoms with E-state index in [1.165, 1.54) is 31.4 Å². The normalized spacial score (nSPS) is 16.9. The summed E-state index contributed by atoms with van der Waals surface area (Å²) < 4.78 is 8.97. The SMILES string of the molecule is CCn1nc(C)c(Br)c1COCC1CCCC1. The topological polar surface area (TPSA) is 27.1 Å².